The molecule has 0 N–H and O–H groups in total. The lowest BCUT2D eigenvalue weighted by Crippen LogP contribution is -1.97. The first-order chi connectivity index (χ1) is 15.1. The molecule has 4 heteroatoms. The molecule has 0 radical (unpaired) electrons. The van der Waals surface area contributed by atoms with E-state index < -0.39 is 0 Å². The molecule has 31 heavy (non-hydrogen) atoms. The molecular weight excluding hydrogens is 380 g/mol. The van der Waals surface area contributed by atoms with Crippen molar-refractivity contribution in [2.75, 3.05) is 0 Å². The lowest BCUT2D eigenvalue weighted by molar-refractivity contribution is 0.697. The number of nitrogens with zero attached hydrogens (tertiary/aromatic N) is 4. The second kappa shape index (κ2) is 11.5. The first-order valence-electron chi connectivity index (χ1n) is 10.4. The van der Waals surface area contributed by atoms with Crippen LogP contribution in [0.15, 0.2) is 73.9 Å². The van der Waals surface area contributed by atoms with E-state index in [1.165, 1.54) is 5.56 Å². The summed E-state index contributed by atoms with van der Waals surface area (Å²) in [5, 5.41) is 2.31. The SMILES string of the molecule is C#C.C=CC(=C)C.CCCn1cc(-c2cnc3ccccc3c2)c2c(CC)ncnc21. The first-order valence-corrected chi connectivity index (χ1v) is 10.4. The second-order valence-electron chi connectivity index (χ2n) is 7.08. The summed E-state index contributed by atoms with van der Waals surface area (Å²) < 4.78 is 2.24. The number of para-hydroxylation sites is 1. The summed E-state index contributed by atoms with van der Waals surface area (Å²) in [6.07, 6.45) is 17.5. The van der Waals surface area contributed by atoms with E-state index in [9.17, 15) is 0 Å². The number of fused-ring (bicyclic) bond motifs is 2. The van der Waals surface area contributed by atoms with E-state index in [0.717, 1.165) is 58.2 Å². The Bertz CT molecular complexity index is 1200. The van der Waals surface area contributed by atoms with Gasteiger partial charge in [-0.2, -0.15) is 0 Å². The van der Waals surface area contributed by atoms with Crippen molar-refractivity contribution in [3.63, 3.8) is 0 Å². The van der Waals surface area contributed by atoms with Gasteiger partial charge in [0.15, 0.2) is 0 Å². The lowest BCUT2D eigenvalue weighted by Gasteiger charge is -2.04. The Morgan fingerprint density at radius 2 is 1.84 bits per heavy atom. The summed E-state index contributed by atoms with van der Waals surface area (Å²) in [6.45, 7) is 14.2. The zero-order valence-corrected chi connectivity index (χ0v) is 18.7. The van der Waals surface area contributed by atoms with Crippen LogP contribution < -0.4 is 0 Å². The van der Waals surface area contributed by atoms with Crippen LogP contribution in [-0.2, 0) is 13.0 Å². The van der Waals surface area contributed by atoms with Gasteiger partial charge in [0.2, 0.25) is 0 Å². The van der Waals surface area contributed by atoms with Gasteiger partial charge in [-0.05, 0) is 31.9 Å². The zero-order valence-electron chi connectivity index (χ0n) is 18.7. The van der Waals surface area contributed by atoms with E-state index in [1.807, 2.05) is 25.3 Å². The molecule has 0 aliphatic rings. The number of rotatable bonds is 5. The van der Waals surface area contributed by atoms with Crippen molar-refractivity contribution in [3.8, 4) is 24.0 Å². The Hall–Kier alpha value is -3.71. The number of pyridine rings is 1. The molecule has 0 unspecified atom stereocenters. The average molecular weight is 411 g/mol. The van der Waals surface area contributed by atoms with E-state index in [1.54, 1.807) is 12.4 Å². The van der Waals surface area contributed by atoms with Gasteiger partial charge in [0.25, 0.3) is 0 Å². The molecule has 4 rings (SSSR count). The second-order valence-corrected chi connectivity index (χ2v) is 7.08. The zero-order chi connectivity index (χ0) is 22.8. The molecule has 0 atom stereocenters. The van der Waals surface area contributed by atoms with Crippen molar-refractivity contribution in [2.24, 2.45) is 0 Å². The number of hydrogen-bond acceptors (Lipinski definition) is 3. The van der Waals surface area contributed by atoms with Gasteiger partial charge in [-0.25, -0.2) is 9.97 Å². The molecule has 0 aliphatic carbocycles. The first kappa shape index (κ1) is 23.6. The van der Waals surface area contributed by atoms with Crippen molar-refractivity contribution in [1.29, 1.82) is 0 Å². The van der Waals surface area contributed by atoms with Gasteiger partial charge in [0.1, 0.15) is 12.0 Å². The minimum atomic E-state index is 0.892. The number of terminal acetylenes is 1. The van der Waals surface area contributed by atoms with Crippen LogP contribution in [0, 0.1) is 12.8 Å². The van der Waals surface area contributed by atoms with E-state index >= 15 is 0 Å². The third-order valence-corrected chi connectivity index (χ3v) is 4.78. The van der Waals surface area contributed by atoms with E-state index in [4.69, 9.17) is 0 Å². The number of benzene rings is 1. The van der Waals surface area contributed by atoms with Crippen molar-refractivity contribution in [1.82, 2.24) is 19.5 Å². The van der Waals surface area contributed by atoms with Crippen molar-refractivity contribution in [3.05, 3.63) is 79.6 Å². The molecule has 4 aromatic rings. The number of aromatic nitrogens is 4. The summed E-state index contributed by atoms with van der Waals surface area (Å²) in [5.41, 5.74) is 6.45. The predicted molar refractivity (Wildman–Crippen MR) is 133 cm³/mol. The third-order valence-electron chi connectivity index (χ3n) is 4.78. The van der Waals surface area contributed by atoms with Crippen molar-refractivity contribution >= 4 is 21.9 Å². The quantitative estimate of drug-likeness (QED) is 0.274. The van der Waals surface area contributed by atoms with Gasteiger partial charge in [-0.1, -0.05) is 56.9 Å². The molecule has 0 bridgehead atoms. The normalized spacial score (nSPS) is 9.97. The van der Waals surface area contributed by atoms with Gasteiger partial charge in [0.05, 0.1) is 11.2 Å². The Labute approximate surface area is 185 Å². The highest BCUT2D eigenvalue weighted by Gasteiger charge is 2.15. The lowest BCUT2D eigenvalue weighted by atomic mass is 10.0. The van der Waals surface area contributed by atoms with Gasteiger partial charge in [-0.15, -0.1) is 12.8 Å². The molecule has 3 aromatic heterocycles. The van der Waals surface area contributed by atoms with Crippen LogP contribution in [0.3, 0.4) is 0 Å². The summed E-state index contributed by atoms with van der Waals surface area (Å²) in [6, 6.07) is 10.4. The molecular formula is C27H30N4. The summed E-state index contributed by atoms with van der Waals surface area (Å²) >= 11 is 0. The topological polar surface area (TPSA) is 43.6 Å². The average Bonchev–Trinajstić information content (AvgIpc) is 3.19. The van der Waals surface area contributed by atoms with Crippen LogP contribution >= 0.6 is 0 Å². The maximum absolute atomic E-state index is 4.63. The third kappa shape index (κ3) is 5.46. The molecule has 0 spiro atoms. The van der Waals surface area contributed by atoms with Crippen LogP contribution in [0.2, 0.25) is 0 Å². The summed E-state index contributed by atoms with van der Waals surface area (Å²) in [7, 11) is 0. The minimum absolute atomic E-state index is 0.892. The summed E-state index contributed by atoms with van der Waals surface area (Å²) in [4.78, 5) is 13.7. The van der Waals surface area contributed by atoms with Crippen molar-refractivity contribution in [2.45, 2.75) is 40.2 Å². The summed E-state index contributed by atoms with van der Waals surface area (Å²) in [5.74, 6) is 0. The fourth-order valence-corrected chi connectivity index (χ4v) is 3.30. The number of aryl methyl sites for hydroxylation is 2. The fraction of sp³-hybridized carbons (Fsp3) is 0.222. The Morgan fingerprint density at radius 1 is 1.13 bits per heavy atom. The minimum Gasteiger partial charge on any atom is -0.332 e. The predicted octanol–water partition coefficient (Wildman–Crippen LogP) is 6.62. The Kier molecular flexibility index (Phi) is 8.72. The molecule has 0 saturated carbocycles. The molecule has 158 valence electrons. The molecule has 4 nitrogen and oxygen atoms in total. The maximum Gasteiger partial charge on any atom is 0.144 e. The molecule has 0 amide bonds. The monoisotopic (exact) mass is 410 g/mol. The largest absolute Gasteiger partial charge is 0.332 e. The number of hydrogen-bond donors (Lipinski definition) is 0. The van der Waals surface area contributed by atoms with Crippen LogP contribution in [0.4, 0.5) is 0 Å². The van der Waals surface area contributed by atoms with Crippen molar-refractivity contribution < 1.29 is 0 Å². The maximum atomic E-state index is 4.63. The van der Waals surface area contributed by atoms with Crippen LogP contribution in [0.5, 0.6) is 0 Å². The molecule has 0 saturated heterocycles. The highest BCUT2D eigenvalue weighted by molar-refractivity contribution is 5.97. The number of allylic oxidation sites excluding steroid dienone is 2. The molecule has 1 aromatic carbocycles. The highest BCUT2D eigenvalue weighted by Crippen LogP contribution is 2.32. The van der Waals surface area contributed by atoms with E-state index in [-0.39, 0.29) is 0 Å². The van der Waals surface area contributed by atoms with Gasteiger partial charge in [0, 0.05) is 40.8 Å². The van der Waals surface area contributed by atoms with Gasteiger partial charge >= 0.3 is 0 Å². The van der Waals surface area contributed by atoms with Crippen LogP contribution in [0.25, 0.3) is 33.1 Å². The molecule has 0 aliphatic heterocycles. The van der Waals surface area contributed by atoms with Crippen LogP contribution in [0.1, 0.15) is 32.9 Å². The van der Waals surface area contributed by atoms with Gasteiger partial charge in [-0.3, -0.25) is 4.98 Å². The Morgan fingerprint density at radius 3 is 2.48 bits per heavy atom. The smallest absolute Gasteiger partial charge is 0.144 e. The molecule has 0 fully saturated rings. The van der Waals surface area contributed by atoms with Crippen LogP contribution in [-0.4, -0.2) is 19.5 Å². The fourth-order valence-electron chi connectivity index (χ4n) is 3.30. The highest BCUT2D eigenvalue weighted by atomic mass is 15.0. The standard InChI is InChI=1S/C20H20N4.C5H8.C2H2/c1-3-9-24-12-16(19-17(4-2)22-13-23-20(19)24)15-10-14-7-5-6-8-18(14)21-11-15;1-4-5(2)3;1-2/h5-8,10-13H,3-4,9H2,1-2H3;4H,1-2H2,3H3;1-2H. The molecule has 3 heterocycles. The van der Waals surface area contributed by atoms with Gasteiger partial charge < -0.3 is 4.57 Å². The Balaban J connectivity index is 0.000000432. The van der Waals surface area contributed by atoms with E-state index in [0.29, 0.717) is 0 Å². The van der Waals surface area contributed by atoms with E-state index in [2.05, 4.69) is 83.8 Å².